The van der Waals surface area contributed by atoms with Gasteiger partial charge in [-0.2, -0.15) is 0 Å². The number of thioether (sulfide) groups is 1. The van der Waals surface area contributed by atoms with E-state index in [4.69, 9.17) is 9.47 Å². The Morgan fingerprint density at radius 3 is 2.71 bits per heavy atom. The van der Waals surface area contributed by atoms with Gasteiger partial charge in [0.1, 0.15) is 6.61 Å². The lowest BCUT2D eigenvalue weighted by Gasteiger charge is -2.26. The Morgan fingerprint density at radius 1 is 1.21 bits per heavy atom. The van der Waals surface area contributed by atoms with E-state index >= 15 is 0 Å². The molecule has 0 saturated carbocycles. The number of fused-ring (bicyclic) bond motifs is 1. The standard InChI is InChI=1S/C26H30N4O3S/c1-5-15-30-24(23-16-32-21-13-9-10-14-22(21)33-23)28-29-26(30)34-18(4)25(31)27-20-12-8-7-11-19(20)17(3)6-2/h5,7-14,17-18,23H,1,6,15-16H2,2-4H3,(H,27,31). The number of para-hydroxylation sites is 3. The molecule has 7 nitrogen and oxygen atoms in total. The molecule has 0 bridgehead atoms. The molecule has 1 amide bonds. The Kier molecular flexibility index (Phi) is 7.57. The number of ether oxygens (including phenoxy) is 2. The van der Waals surface area contributed by atoms with Gasteiger partial charge in [-0.25, -0.2) is 0 Å². The van der Waals surface area contributed by atoms with Crippen LogP contribution in [0.3, 0.4) is 0 Å². The first-order valence-corrected chi connectivity index (χ1v) is 12.4. The molecule has 3 atom stereocenters. The van der Waals surface area contributed by atoms with Crippen LogP contribution in [0.5, 0.6) is 11.5 Å². The zero-order chi connectivity index (χ0) is 24.1. The van der Waals surface area contributed by atoms with Crippen LogP contribution in [-0.4, -0.2) is 32.5 Å². The van der Waals surface area contributed by atoms with Gasteiger partial charge >= 0.3 is 0 Å². The number of carbonyl (C=O) groups excluding carboxylic acids is 1. The van der Waals surface area contributed by atoms with E-state index in [1.807, 2.05) is 54.0 Å². The fourth-order valence-corrected chi connectivity index (χ4v) is 4.64. The van der Waals surface area contributed by atoms with Crippen LogP contribution in [-0.2, 0) is 11.3 Å². The van der Waals surface area contributed by atoms with Crippen molar-refractivity contribution in [2.24, 2.45) is 0 Å². The third kappa shape index (κ3) is 5.12. The van der Waals surface area contributed by atoms with Crippen LogP contribution in [0.2, 0.25) is 0 Å². The summed E-state index contributed by atoms with van der Waals surface area (Å²) in [4.78, 5) is 13.0. The second-order valence-electron chi connectivity index (χ2n) is 8.25. The summed E-state index contributed by atoms with van der Waals surface area (Å²) in [6, 6.07) is 15.5. The summed E-state index contributed by atoms with van der Waals surface area (Å²) < 4.78 is 13.9. The van der Waals surface area contributed by atoms with Gasteiger partial charge in [0.15, 0.2) is 28.6 Å². The molecule has 3 unspecified atom stereocenters. The van der Waals surface area contributed by atoms with Gasteiger partial charge < -0.3 is 14.8 Å². The molecule has 0 saturated heterocycles. The number of amides is 1. The van der Waals surface area contributed by atoms with Crippen molar-refractivity contribution < 1.29 is 14.3 Å². The fraction of sp³-hybridized carbons (Fsp3) is 0.346. The maximum Gasteiger partial charge on any atom is 0.237 e. The van der Waals surface area contributed by atoms with Crippen molar-refractivity contribution in [2.75, 3.05) is 11.9 Å². The monoisotopic (exact) mass is 478 g/mol. The zero-order valence-corrected chi connectivity index (χ0v) is 20.5. The van der Waals surface area contributed by atoms with Gasteiger partial charge in [-0.15, -0.1) is 16.8 Å². The van der Waals surface area contributed by atoms with E-state index in [0.29, 0.717) is 41.5 Å². The number of nitrogens with zero attached hydrogens (tertiary/aromatic N) is 3. The molecule has 178 valence electrons. The quantitative estimate of drug-likeness (QED) is 0.318. The van der Waals surface area contributed by atoms with E-state index in [-0.39, 0.29) is 11.2 Å². The molecule has 0 radical (unpaired) electrons. The second-order valence-corrected chi connectivity index (χ2v) is 9.56. The molecule has 3 aromatic rings. The normalized spacial score (nSPS) is 16.5. The van der Waals surface area contributed by atoms with Crippen LogP contribution < -0.4 is 14.8 Å². The highest BCUT2D eigenvalue weighted by Crippen LogP contribution is 2.36. The Balaban J connectivity index is 1.49. The molecular formula is C26H30N4O3S. The van der Waals surface area contributed by atoms with Crippen LogP contribution in [0.15, 0.2) is 66.3 Å². The highest BCUT2D eigenvalue weighted by Gasteiger charge is 2.29. The molecule has 2 aromatic carbocycles. The largest absolute Gasteiger partial charge is 0.485 e. The van der Waals surface area contributed by atoms with Crippen molar-refractivity contribution in [3.63, 3.8) is 0 Å². The Labute approximate surface area is 204 Å². The molecular weight excluding hydrogens is 448 g/mol. The predicted molar refractivity (Wildman–Crippen MR) is 135 cm³/mol. The minimum atomic E-state index is -0.400. The van der Waals surface area contributed by atoms with Crippen molar-refractivity contribution in [2.45, 2.75) is 56.2 Å². The van der Waals surface area contributed by atoms with E-state index in [1.54, 1.807) is 6.08 Å². The van der Waals surface area contributed by atoms with Gasteiger partial charge in [0, 0.05) is 12.2 Å². The molecule has 0 spiro atoms. The molecule has 4 rings (SSSR count). The van der Waals surface area contributed by atoms with Crippen LogP contribution in [0.4, 0.5) is 5.69 Å². The molecule has 34 heavy (non-hydrogen) atoms. The SMILES string of the molecule is C=CCn1c(SC(C)C(=O)Nc2ccccc2C(C)CC)nnc1C1COc2ccccc2O1. The average Bonchev–Trinajstić information content (AvgIpc) is 3.25. The van der Waals surface area contributed by atoms with E-state index in [1.165, 1.54) is 11.8 Å². The van der Waals surface area contributed by atoms with Gasteiger partial charge in [0.05, 0.1) is 5.25 Å². The van der Waals surface area contributed by atoms with Crippen molar-refractivity contribution >= 4 is 23.4 Å². The number of nitrogens with one attached hydrogen (secondary N) is 1. The highest BCUT2D eigenvalue weighted by atomic mass is 32.2. The lowest BCUT2D eigenvalue weighted by atomic mass is 9.97. The smallest absolute Gasteiger partial charge is 0.237 e. The highest BCUT2D eigenvalue weighted by molar-refractivity contribution is 8.00. The molecule has 0 fully saturated rings. The maximum atomic E-state index is 13.0. The third-order valence-corrected chi connectivity index (χ3v) is 6.95. The van der Waals surface area contributed by atoms with Gasteiger partial charge in [-0.05, 0) is 43.0 Å². The number of allylic oxidation sites excluding steroid dienone is 1. The van der Waals surface area contributed by atoms with Crippen molar-refractivity contribution in [1.29, 1.82) is 0 Å². The van der Waals surface area contributed by atoms with Crippen molar-refractivity contribution in [3.05, 3.63) is 72.6 Å². The first-order chi connectivity index (χ1) is 16.5. The minimum Gasteiger partial charge on any atom is -0.485 e. The molecule has 1 N–H and O–H groups in total. The molecule has 2 heterocycles. The van der Waals surface area contributed by atoms with Gasteiger partial charge in [0.2, 0.25) is 5.91 Å². The van der Waals surface area contributed by atoms with E-state index in [2.05, 4.69) is 42.0 Å². The van der Waals surface area contributed by atoms with Gasteiger partial charge in [-0.3, -0.25) is 9.36 Å². The summed E-state index contributed by atoms with van der Waals surface area (Å²) in [5, 5.41) is 12.1. The predicted octanol–water partition coefficient (Wildman–Crippen LogP) is 5.61. The Hall–Kier alpha value is -3.26. The lowest BCUT2D eigenvalue weighted by molar-refractivity contribution is -0.115. The molecule has 1 aliphatic rings. The van der Waals surface area contributed by atoms with Crippen LogP contribution in [0.25, 0.3) is 0 Å². The van der Waals surface area contributed by atoms with Crippen LogP contribution >= 0.6 is 11.8 Å². The Bertz CT molecular complexity index is 1160. The maximum absolute atomic E-state index is 13.0. The van der Waals surface area contributed by atoms with Crippen molar-refractivity contribution in [1.82, 2.24) is 14.8 Å². The average molecular weight is 479 g/mol. The third-order valence-electron chi connectivity index (χ3n) is 5.87. The number of carbonyl (C=O) groups is 1. The number of benzene rings is 2. The zero-order valence-electron chi connectivity index (χ0n) is 19.7. The first kappa shape index (κ1) is 23.9. The molecule has 1 aromatic heterocycles. The lowest BCUT2D eigenvalue weighted by Crippen LogP contribution is -2.25. The van der Waals surface area contributed by atoms with Gasteiger partial charge in [-0.1, -0.05) is 62.0 Å². The number of hydrogen-bond acceptors (Lipinski definition) is 6. The minimum absolute atomic E-state index is 0.0818. The molecule has 1 aliphatic heterocycles. The number of rotatable bonds is 9. The van der Waals surface area contributed by atoms with Crippen molar-refractivity contribution in [3.8, 4) is 11.5 Å². The van der Waals surface area contributed by atoms with Crippen LogP contribution in [0, 0.1) is 0 Å². The van der Waals surface area contributed by atoms with E-state index in [0.717, 1.165) is 17.7 Å². The number of anilines is 1. The summed E-state index contributed by atoms with van der Waals surface area (Å²) in [6.45, 7) is 10.9. The van der Waals surface area contributed by atoms with Gasteiger partial charge in [0.25, 0.3) is 0 Å². The van der Waals surface area contributed by atoms with E-state index < -0.39 is 6.10 Å². The summed E-state index contributed by atoms with van der Waals surface area (Å²) >= 11 is 1.36. The van der Waals surface area contributed by atoms with Crippen LogP contribution in [0.1, 0.15) is 50.6 Å². The number of aromatic nitrogens is 3. The number of hydrogen-bond donors (Lipinski definition) is 1. The summed E-state index contributed by atoms with van der Waals surface area (Å²) in [6.07, 6.45) is 2.38. The first-order valence-electron chi connectivity index (χ1n) is 11.5. The second kappa shape index (κ2) is 10.8. The summed E-state index contributed by atoms with van der Waals surface area (Å²) in [7, 11) is 0. The van der Waals surface area contributed by atoms with E-state index in [9.17, 15) is 4.79 Å². The molecule has 0 aliphatic carbocycles. The fourth-order valence-electron chi connectivity index (χ4n) is 3.78. The molecule has 8 heteroatoms. The topological polar surface area (TPSA) is 78.3 Å². The summed E-state index contributed by atoms with van der Waals surface area (Å²) in [5.74, 6) is 2.31. The Morgan fingerprint density at radius 2 is 1.94 bits per heavy atom. The summed E-state index contributed by atoms with van der Waals surface area (Å²) in [5.41, 5.74) is 2.00.